The first-order chi connectivity index (χ1) is 13.2. The molecule has 0 radical (unpaired) electrons. The average molecular weight is 401 g/mol. The molecule has 1 fully saturated rings. The van der Waals surface area contributed by atoms with E-state index in [1.165, 1.54) is 17.1 Å². The number of hydrogen-bond donors (Lipinski definition) is 1. The van der Waals surface area contributed by atoms with Crippen molar-refractivity contribution in [1.29, 1.82) is 0 Å². The largest absolute Gasteiger partial charge is 0.306 e. The van der Waals surface area contributed by atoms with Gasteiger partial charge in [0.2, 0.25) is 0 Å². The van der Waals surface area contributed by atoms with Gasteiger partial charge in [-0.1, -0.05) is 11.6 Å². The second-order valence-electron chi connectivity index (χ2n) is 7.41. The fraction of sp³-hybridized carbons (Fsp3) is 0.474. The minimum Gasteiger partial charge on any atom is -0.306 e. The first-order valence-electron chi connectivity index (χ1n) is 9.43. The topological polar surface area (TPSA) is 68.5 Å². The van der Waals surface area contributed by atoms with Crippen LogP contribution in [0, 0.1) is 6.92 Å². The molecular weight excluding hydrogens is 380 g/mol. The summed E-state index contributed by atoms with van der Waals surface area (Å²) < 4.78 is 6.78. The Bertz CT molecular complexity index is 972. The molecule has 2 aliphatic rings. The zero-order chi connectivity index (χ0) is 18.4. The lowest BCUT2D eigenvalue weighted by atomic mass is 9.81. The van der Waals surface area contributed by atoms with Crippen molar-refractivity contribution in [3.05, 3.63) is 51.3 Å². The van der Waals surface area contributed by atoms with Gasteiger partial charge < -0.3 is 5.32 Å². The normalized spacial score (nSPS) is 22.1. The van der Waals surface area contributed by atoms with Gasteiger partial charge in [0.25, 0.3) is 0 Å². The van der Waals surface area contributed by atoms with Crippen molar-refractivity contribution in [2.75, 3.05) is 0 Å². The maximum absolute atomic E-state index is 6.22. The van der Waals surface area contributed by atoms with Crippen molar-refractivity contribution in [1.82, 2.24) is 29.4 Å². The monoisotopic (exact) mass is 400 g/mol. The van der Waals surface area contributed by atoms with Gasteiger partial charge in [0, 0.05) is 23.4 Å². The molecule has 1 aromatic carbocycles. The molecule has 0 bridgehead atoms. The number of nitrogens with one attached hydrogen (secondary N) is 1. The van der Waals surface area contributed by atoms with E-state index in [1.807, 2.05) is 19.1 Å². The maximum atomic E-state index is 6.22. The average Bonchev–Trinajstić information content (AvgIpc) is 3.25. The first kappa shape index (κ1) is 17.3. The molecule has 3 heterocycles. The molecule has 0 atom stereocenters. The van der Waals surface area contributed by atoms with Crippen molar-refractivity contribution < 1.29 is 0 Å². The highest BCUT2D eigenvalue weighted by Gasteiger charge is 2.31. The van der Waals surface area contributed by atoms with Crippen molar-refractivity contribution in [3.8, 4) is 5.69 Å². The number of halogens is 1. The summed E-state index contributed by atoms with van der Waals surface area (Å²) in [6.45, 7) is 3.53. The molecule has 140 valence electrons. The van der Waals surface area contributed by atoms with Gasteiger partial charge in [-0.25, -0.2) is 4.98 Å². The lowest BCUT2D eigenvalue weighted by molar-refractivity contribution is 0.374. The highest BCUT2D eigenvalue weighted by Crippen LogP contribution is 2.40. The molecule has 2 aromatic heterocycles. The fourth-order valence-corrected chi connectivity index (χ4v) is 5.03. The van der Waals surface area contributed by atoms with Crippen LogP contribution in [0.25, 0.3) is 5.69 Å². The summed E-state index contributed by atoms with van der Waals surface area (Å²) in [5.74, 6) is 3.98. The third-order valence-electron chi connectivity index (χ3n) is 5.64. The van der Waals surface area contributed by atoms with Crippen molar-refractivity contribution in [2.45, 2.75) is 57.5 Å². The van der Waals surface area contributed by atoms with Crippen LogP contribution in [-0.2, 0) is 13.1 Å². The van der Waals surface area contributed by atoms with Crippen LogP contribution in [-0.4, -0.2) is 24.1 Å². The second kappa shape index (κ2) is 6.96. The van der Waals surface area contributed by atoms with Crippen LogP contribution in [0.15, 0.2) is 18.2 Å². The Morgan fingerprint density at radius 2 is 1.93 bits per heavy atom. The van der Waals surface area contributed by atoms with Gasteiger partial charge >= 0.3 is 0 Å². The number of benzene rings is 1. The van der Waals surface area contributed by atoms with E-state index in [-0.39, 0.29) is 0 Å². The van der Waals surface area contributed by atoms with Crippen LogP contribution in [0.2, 0.25) is 5.02 Å². The molecule has 5 rings (SSSR count). The predicted octanol–water partition coefficient (Wildman–Crippen LogP) is 4.13. The Hall–Kier alpha value is -1.83. The van der Waals surface area contributed by atoms with E-state index in [2.05, 4.69) is 35.5 Å². The van der Waals surface area contributed by atoms with E-state index in [1.54, 1.807) is 0 Å². The minimum atomic E-state index is 0.420. The van der Waals surface area contributed by atoms with Crippen LogP contribution in [0.5, 0.6) is 0 Å². The Morgan fingerprint density at radius 1 is 1.11 bits per heavy atom. The highest BCUT2D eigenvalue weighted by atomic mass is 35.5. The SMILES string of the molecule is Cc1nc([C@H]2CC[C@H](c3nnc4n3-c3ccc(Cl)cc3CNC4)CC2)ns1. The lowest BCUT2D eigenvalue weighted by Gasteiger charge is -2.27. The molecule has 0 unspecified atom stereocenters. The van der Waals surface area contributed by atoms with Gasteiger partial charge in [0.1, 0.15) is 16.7 Å². The molecule has 1 aliphatic carbocycles. The summed E-state index contributed by atoms with van der Waals surface area (Å²) in [6, 6.07) is 6.08. The molecule has 6 nitrogen and oxygen atoms in total. The molecule has 27 heavy (non-hydrogen) atoms. The number of aryl methyl sites for hydroxylation is 1. The molecule has 1 aliphatic heterocycles. The van der Waals surface area contributed by atoms with E-state index < -0.39 is 0 Å². The third kappa shape index (κ3) is 3.17. The van der Waals surface area contributed by atoms with Gasteiger partial charge in [-0.2, -0.15) is 4.37 Å². The summed E-state index contributed by atoms with van der Waals surface area (Å²) >= 11 is 7.72. The van der Waals surface area contributed by atoms with Gasteiger partial charge in [-0.3, -0.25) is 4.57 Å². The number of fused-ring (bicyclic) bond motifs is 3. The number of hydrogen-bond acceptors (Lipinski definition) is 6. The van der Waals surface area contributed by atoms with Crippen LogP contribution < -0.4 is 5.32 Å². The third-order valence-corrected chi connectivity index (χ3v) is 6.51. The van der Waals surface area contributed by atoms with Crippen LogP contribution >= 0.6 is 23.1 Å². The van der Waals surface area contributed by atoms with Gasteiger partial charge in [-0.15, -0.1) is 10.2 Å². The zero-order valence-corrected chi connectivity index (χ0v) is 16.7. The van der Waals surface area contributed by atoms with Crippen LogP contribution in [0.1, 0.15) is 65.6 Å². The smallest absolute Gasteiger partial charge is 0.151 e. The Morgan fingerprint density at radius 3 is 2.70 bits per heavy atom. The van der Waals surface area contributed by atoms with E-state index >= 15 is 0 Å². The standard InChI is InChI=1S/C19H21ClN6S/c1-11-22-18(25-27-11)12-2-4-13(5-3-12)19-24-23-17-10-21-9-14-8-15(20)6-7-16(14)26(17)19/h6-8,12-13,21H,2-5,9-10H2,1H3/t12-,13-. The van der Waals surface area contributed by atoms with Crippen molar-refractivity contribution >= 4 is 23.1 Å². The van der Waals surface area contributed by atoms with Crippen molar-refractivity contribution in [2.24, 2.45) is 0 Å². The minimum absolute atomic E-state index is 0.420. The molecule has 1 saturated carbocycles. The van der Waals surface area contributed by atoms with Crippen LogP contribution in [0.4, 0.5) is 0 Å². The summed E-state index contributed by atoms with van der Waals surface area (Å²) in [5, 5.41) is 14.3. The second-order valence-corrected chi connectivity index (χ2v) is 8.80. The Labute approximate surface area is 167 Å². The molecule has 8 heteroatoms. The van der Waals surface area contributed by atoms with Gasteiger partial charge in [0.15, 0.2) is 5.82 Å². The number of nitrogens with zero attached hydrogens (tertiary/aromatic N) is 5. The van der Waals surface area contributed by atoms with E-state index in [9.17, 15) is 0 Å². The maximum Gasteiger partial charge on any atom is 0.151 e. The van der Waals surface area contributed by atoms with E-state index in [0.717, 1.165) is 72.0 Å². The Balaban J connectivity index is 1.43. The molecule has 0 amide bonds. The molecule has 1 N–H and O–H groups in total. The summed E-state index contributed by atoms with van der Waals surface area (Å²) in [7, 11) is 0. The first-order valence-corrected chi connectivity index (χ1v) is 10.6. The van der Waals surface area contributed by atoms with Gasteiger partial charge in [-0.05, 0) is 67.9 Å². The number of aromatic nitrogens is 5. The van der Waals surface area contributed by atoms with E-state index in [0.29, 0.717) is 11.8 Å². The zero-order valence-electron chi connectivity index (χ0n) is 15.2. The summed E-state index contributed by atoms with van der Waals surface area (Å²) in [5.41, 5.74) is 2.34. The molecule has 3 aromatic rings. The van der Waals surface area contributed by atoms with E-state index in [4.69, 9.17) is 11.6 Å². The molecule has 0 saturated heterocycles. The lowest BCUT2D eigenvalue weighted by Crippen LogP contribution is -2.17. The van der Waals surface area contributed by atoms with Crippen LogP contribution in [0.3, 0.4) is 0 Å². The quantitative estimate of drug-likeness (QED) is 0.700. The molecular formula is C19H21ClN6S. The number of rotatable bonds is 2. The summed E-state index contributed by atoms with van der Waals surface area (Å²) in [4.78, 5) is 4.60. The predicted molar refractivity (Wildman–Crippen MR) is 106 cm³/mol. The molecule has 0 spiro atoms. The highest BCUT2D eigenvalue weighted by molar-refractivity contribution is 7.05. The fourth-order valence-electron chi connectivity index (χ4n) is 4.29. The van der Waals surface area contributed by atoms with Gasteiger partial charge in [0.05, 0.1) is 12.2 Å². The van der Waals surface area contributed by atoms with Crippen molar-refractivity contribution in [3.63, 3.8) is 0 Å². The Kier molecular flexibility index (Phi) is 4.46. The summed E-state index contributed by atoms with van der Waals surface area (Å²) in [6.07, 6.45) is 4.40.